The third kappa shape index (κ3) is 5.96. The Bertz CT molecular complexity index is 1670. The molecule has 0 saturated carbocycles. The van der Waals surface area contributed by atoms with Crippen molar-refractivity contribution in [2.45, 2.75) is 26.8 Å². The number of fused-ring (bicyclic) bond motifs is 1. The van der Waals surface area contributed by atoms with Crippen LogP contribution in [0.4, 0.5) is 0 Å². The summed E-state index contributed by atoms with van der Waals surface area (Å²) in [5, 5.41) is 0. The van der Waals surface area contributed by atoms with Gasteiger partial charge >= 0.3 is 5.97 Å². The zero-order chi connectivity index (χ0) is 29.0. The molecule has 0 radical (unpaired) electrons. The van der Waals surface area contributed by atoms with Gasteiger partial charge in [0.05, 0.1) is 46.6 Å². The average molecular weight is 692 g/mol. The summed E-state index contributed by atoms with van der Waals surface area (Å²) in [6.07, 6.45) is 3.46. The highest BCUT2D eigenvalue weighted by atomic mass is 79.9. The first-order valence-corrected chi connectivity index (χ1v) is 14.9. The fourth-order valence-electron chi connectivity index (χ4n) is 4.30. The maximum Gasteiger partial charge on any atom is 0.338 e. The first-order valence-electron chi connectivity index (χ1n) is 12.5. The van der Waals surface area contributed by atoms with Crippen molar-refractivity contribution in [3.8, 4) is 17.2 Å². The molecule has 0 spiro atoms. The van der Waals surface area contributed by atoms with Crippen molar-refractivity contribution in [3.05, 3.63) is 94.0 Å². The van der Waals surface area contributed by atoms with E-state index < -0.39 is 12.0 Å². The van der Waals surface area contributed by atoms with Gasteiger partial charge in [-0.1, -0.05) is 46.0 Å². The van der Waals surface area contributed by atoms with E-state index in [1.807, 2.05) is 25.1 Å². The first kappa shape index (κ1) is 29.8. The Labute approximate surface area is 252 Å². The smallest absolute Gasteiger partial charge is 0.338 e. The third-order valence-corrected chi connectivity index (χ3v) is 8.29. The number of nitrogens with zero attached hydrogens (tertiary/aromatic N) is 2. The number of aromatic nitrogens is 1. The van der Waals surface area contributed by atoms with Gasteiger partial charge in [-0.25, -0.2) is 9.79 Å². The van der Waals surface area contributed by atoms with Gasteiger partial charge in [0.15, 0.2) is 16.3 Å². The van der Waals surface area contributed by atoms with Crippen LogP contribution in [0.25, 0.3) is 6.08 Å². The third-order valence-electron chi connectivity index (χ3n) is 6.00. The molecule has 40 heavy (non-hydrogen) atoms. The minimum atomic E-state index is -0.808. The van der Waals surface area contributed by atoms with Crippen molar-refractivity contribution in [2.75, 3.05) is 26.9 Å². The molecular formula is C29H28Br2N2O6S. The van der Waals surface area contributed by atoms with Crippen LogP contribution in [0.15, 0.2) is 73.0 Å². The summed E-state index contributed by atoms with van der Waals surface area (Å²) in [5.41, 5.74) is 1.90. The van der Waals surface area contributed by atoms with Gasteiger partial charge in [0.2, 0.25) is 0 Å². The van der Waals surface area contributed by atoms with Crippen LogP contribution in [-0.4, -0.2) is 37.5 Å². The second kappa shape index (κ2) is 13.0. The van der Waals surface area contributed by atoms with E-state index in [0.29, 0.717) is 55.5 Å². The molecule has 0 saturated heterocycles. The largest absolute Gasteiger partial charge is 0.493 e. The van der Waals surface area contributed by atoms with Crippen LogP contribution in [0.3, 0.4) is 0 Å². The van der Waals surface area contributed by atoms with Crippen LogP contribution in [0.1, 0.15) is 37.9 Å². The van der Waals surface area contributed by atoms with E-state index in [4.69, 9.17) is 18.9 Å². The Morgan fingerprint density at radius 3 is 2.52 bits per heavy atom. The molecule has 0 amide bonds. The van der Waals surface area contributed by atoms with E-state index >= 15 is 0 Å². The standard InChI is InChI=1S/C29H28Br2N2O6S/c1-6-11-39-21-10-9-17(12-20(21)31)13-24-27(34)33-26(18-14-22(36-5)23(37-7-2)15-19(18)30)25(28(35)38-8-3)16(4)32-29(33)40-24/h6,9-10,12-15,26H,1,7-8,11H2,2-5H3/b24-13+/t26-/m0/s1. The second-order valence-corrected chi connectivity index (χ2v) is 11.3. The molecule has 0 fully saturated rings. The number of rotatable bonds is 10. The normalized spacial score (nSPS) is 14.8. The minimum absolute atomic E-state index is 0.182. The first-order chi connectivity index (χ1) is 19.2. The molecule has 3 aromatic rings. The van der Waals surface area contributed by atoms with Crippen molar-refractivity contribution in [1.29, 1.82) is 0 Å². The summed E-state index contributed by atoms with van der Waals surface area (Å²) in [5.74, 6) is 1.14. The molecule has 0 aliphatic carbocycles. The Kier molecular flexibility index (Phi) is 9.70. The molecule has 210 valence electrons. The number of allylic oxidation sites excluding steroid dienone is 1. The highest BCUT2D eigenvalue weighted by Gasteiger charge is 2.35. The Morgan fingerprint density at radius 2 is 1.88 bits per heavy atom. The van der Waals surface area contributed by atoms with Crippen LogP contribution >= 0.6 is 43.2 Å². The van der Waals surface area contributed by atoms with Gasteiger partial charge in [0.25, 0.3) is 5.56 Å². The lowest BCUT2D eigenvalue weighted by atomic mass is 9.95. The second-order valence-electron chi connectivity index (χ2n) is 8.55. The minimum Gasteiger partial charge on any atom is -0.493 e. The van der Waals surface area contributed by atoms with Gasteiger partial charge in [-0.05, 0) is 78.2 Å². The monoisotopic (exact) mass is 690 g/mol. The van der Waals surface area contributed by atoms with E-state index in [2.05, 4.69) is 43.4 Å². The number of carbonyl (C=O) groups is 1. The number of esters is 1. The zero-order valence-electron chi connectivity index (χ0n) is 22.5. The highest BCUT2D eigenvalue weighted by Crippen LogP contribution is 2.41. The predicted octanol–water partition coefficient (Wildman–Crippen LogP) is 5.30. The van der Waals surface area contributed by atoms with E-state index in [9.17, 15) is 9.59 Å². The van der Waals surface area contributed by atoms with Gasteiger partial charge in [-0.15, -0.1) is 0 Å². The lowest BCUT2D eigenvalue weighted by Gasteiger charge is -2.26. The van der Waals surface area contributed by atoms with Gasteiger partial charge < -0.3 is 18.9 Å². The van der Waals surface area contributed by atoms with Gasteiger partial charge in [-0.3, -0.25) is 9.36 Å². The van der Waals surface area contributed by atoms with Crippen LogP contribution in [0.5, 0.6) is 17.2 Å². The summed E-state index contributed by atoms with van der Waals surface area (Å²) in [6.45, 7) is 10.0. The van der Waals surface area contributed by atoms with Gasteiger partial charge in [0, 0.05) is 4.47 Å². The zero-order valence-corrected chi connectivity index (χ0v) is 26.4. The van der Waals surface area contributed by atoms with Gasteiger partial charge in [0.1, 0.15) is 12.4 Å². The molecule has 1 aromatic heterocycles. The molecule has 1 aliphatic rings. The van der Waals surface area contributed by atoms with Crippen molar-refractivity contribution in [3.63, 3.8) is 0 Å². The molecule has 0 unspecified atom stereocenters. The number of carbonyl (C=O) groups excluding carboxylic acids is 1. The molecule has 8 nitrogen and oxygen atoms in total. The van der Waals surface area contributed by atoms with Crippen LogP contribution in [0.2, 0.25) is 0 Å². The van der Waals surface area contributed by atoms with E-state index in [1.165, 1.54) is 15.9 Å². The van der Waals surface area contributed by atoms with Crippen molar-refractivity contribution in [1.82, 2.24) is 4.57 Å². The Hall–Kier alpha value is -3.15. The topological polar surface area (TPSA) is 88.3 Å². The summed E-state index contributed by atoms with van der Waals surface area (Å²) in [6, 6.07) is 8.30. The van der Waals surface area contributed by atoms with Gasteiger partial charge in [-0.2, -0.15) is 0 Å². The fourth-order valence-corrected chi connectivity index (χ4v) is 6.39. The summed E-state index contributed by atoms with van der Waals surface area (Å²) in [7, 11) is 1.54. The number of thiazole rings is 1. The van der Waals surface area contributed by atoms with Crippen LogP contribution in [-0.2, 0) is 9.53 Å². The number of hydrogen-bond acceptors (Lipinski definition) is 8. The van der Waals surface area contributed by atoms with Crippen molar-refractivity contribution >= 4 is 55.2 Å². The number of halogens is 2. The lowest BCUT2D eigenvalue weighted by Crippen LogP contribution is -2.40. The lowest BCUT2D eigenvalue weighted by molar-refractivity contribution is -0.139. The van der Waals surface area contributed by atoms with Crippen LogP contribution in [0, 0.1) is 0 Å². The summed E-state index contributed by atoms with van der Waals surface area (Å²) >= 11 is 8.41. The summed E-state index contributed by atoms with van der Waals surface area (Å²) < 4.78 is 25.7. The van der Waals surface area contributed by atoms with E-state index in [1.54, 1.807) is 45.2 Å². The van der Waals surface area contributed by atoms with Crippen LogP contribution < -0.4 is 29.1 Å². The summed E-state index contributed by atoms with van der Waals surface area (Å²) in [4.78, 5) is 32.3. The predicted molar refractivity (Wildman–Crippen MR) is 162 cm³/mol. The van der Waals surface area contributed by atoms with Crippen molar-refractivity contribution < 1.29 is 23.7 Å². The molecule has 11 heteroatoms. The molecule has 4 rings (SSSR count). The number of ether oxygens (including phenoxy) is 4. The number of methoxy groups -OCH3 is 1. The number of benzene rings is 2. The Morgan fingerprint density at radius 1 is 1.10 bits per heavy atom. The molecule has 2 aromatic carbocycles. The SMILES string of the molecule is C=CCOc1ccc(/C=c2/sc3n(c2=O)[C@@H](c2cc(OC)c(OCC)cc2Br)C(C(=O)OCC)=C(C)N=3)cc1Br. The quantitative estimate of drug-likeness (QED) is 0.212. The van der Waals surface area contributed by atoms with E-state index in [-0.39, 0.29) is 17.7 Å². The fraction of sp³-hybridized carbons (Fsp3) is 0.276. The molecule has 0 N–H and O–H groups in total. The maximum atomic E-state index is 14.0. The average Bonchev–Trinajstić information content (AvgIpc) is 3.22. The molecule has 0 bridgehead atoms. The molecular weight excluding hydrogens is 664 g/mol. The molecule has 2 heterocycles. The Balaban J connectivity index is 1.93. The highest BCUT2D eigenvalue weighted by molar-refractivity contribution is 9.10. The van der Waals surface area contributed by atoms with Crippen molar-refractivity contribution in [2.24, 2.45) is 4.99 Å². The maximum absolute atomic E-state index is 14.0. The number of hydrogen-bond donors (Lipinski definition) is 0. The molecule has 1 aliphatic heterocycles. The molecule has 1 atom stereocenters. The van der Waals surface area contributed by atoms with E-state index in [0.717, 1.165) is 10.0 Å².